The number of benzene rings is 2. The Labute approximate surface area is 221 Å². The lowest BCUT2D eigenvalue weighted by atomic mass is 9.83. The number of para-hydroxylation sites is 1. The van der Waals surface area contributed by atoms with E-state index in [0.717, 1.165) is 0 Å². The van der Waals surface area contributed by atoms with Gasteiger partial charge in [-0.2, -0.15) is 0 Å². The molecule has 2 saturated heterocycles. The molecule has 1 amide bonds. The molecule has 2 fully saturated rings. The monoisotopic (exact) mass is 540 g/mol. The highest BCUT2D eigenvalue weighted by atomic mass is 19.1. The van der Waals surface area contributed by atoms with Crippen molar-refractivity contribution in [3.8, 4) is 0 Å². The van der Waals surface area contributed by atoms with Gasteiger partial charge in [-0.05, 0) is 62.3 Å². The molecule has 3 aliphatic rings. The van der Waals surface area contributed by atoms with E-state index in [1.54, 1.807) is 0 Å². The maximum Gasteiger partial charge on any atom is 0.364 e. The summed E-state index contributed by atoms with van der Waals surface area (Å²) in [5.74, 6) is -5.81. The van der Waals surface area contributed by atoms with Gasteiger partial charge in [0.2, 0.25) is 5.78 Å². The molecule has 3 aliphatic heterocycles. The van der Waals surface area contributed by atoms with E-state index in [1.807, 2.05) is 4.90 Å². The highest BCUT2D eigenvalue weighted by Gasteiger charge is 2.59. The topological polar surface area (TPSA) is 151 Å². The summed E-state index contributed by atoms with van der Waals surface area (Å²) in [6.07, 6.45) is -4.11. The first-order chi connectivity index (χ1) is 18.6. The van der Waals surface area contributed by atoms with Gasteiger partial charge in [0.15, 0.2) is 18.0 Å². The molecule has 204 valence electrons. The van der Waals surface area contributed by atoms with E-state index in [9.17, 15) is 38.6 Å². The number of nitrogens with zero attached hydrogens (tertiary/aromatic N) is 2. The number of rotatable bonds is 5. The Morgan fingerprint density at radius 3 is 2.28 bits per heavy atom. The van der Waals surface area contributed by atoms with E-state index in [0.29, 0.717) is 36.6 Å². The molecule has 0 radical (unpaired) electrons. The number of piperidine rings is 1. The standard InChI is InChI=1S/C27H25FN2O9/c28-17-7-5-15(6-8-17)20(31)16-9-12-29(13-10-16)14-11-27-23(34)18-3-1-2-4-19(18)30(26(27)37)39-25(36)22(33)21(32)24(35)38-27/h1-8,16,21-22,32-33H,9-14H2. The first-order valence-electron chi connectivity index (χ1n) is 12.4. The number of hydrogen-bond acceptors (Lipinski definition) is 10. The number of ether oxygens (including phenoxy) is 1. The number of halogens is 1. The van der Waals surface area contributed by atoms with Crippen LogP contribution in [0.3, 0.4) is 0 Å². The van der Waals surface area contributed by atoms with Gasteiger partial charge in [0.25, 0.3) is 5.60 Å². The van der Waals surface area contributed by atoms with Crippen molar-refractivity contribution in [2.75, 3.05) is 24.7 Å². The summed E-state index contributed by atoms with van der Waals surface area (Å²) in [6.45, 7) is 0.950. The fraction of sp³-hybridized carbons (Fsp3) is 0.370. The summed E-state index contributed by atoms with van der Waals surface area (Å²) < 4.78 is 18.5. The summed E-state index contributed by atoms with van der Waals surface area (Å²) >= 11 is 0. The number of esters is 1. The van der Waals surface area contributed by atoms with E-state index in [4.69, 9.17) is 9.57 Å². The summed E-state index contributed by atoms with van der Waals surface area (Å²) in [5.41, 5.74) is -2.17. The summed E-state index contributed by atoms with van der Waals surface area (Å²) in [7, 11) is 0. The molecule has 12 heteroatoms. The van der Waals surface area contributed by atoms with Crippen LogP contribution in [0.25, 0.3) is 0 Å². The highest BCUT2D eigenvalue weighted by molar-refractivity contribution is 6.27. The minimum absolute atomic E-state index is 0.0489. The van der Waals surface area contributed by atoms with Gasteiger partial charge < -0.3 is 24.7 Å². The summed E-state index contributed by atoms with van der Waals surface area (Å²) in [6, 6.07) is 11.1. The van der Waals surface area contributed by atoms with Gasteiger partial charge in [-0.1, -0.05) is 12.1 Å². The van der Waals surface area contributed by atoms with E-state index in [-0.39, 0.29) is 35.9 Å². The third-order valence-corrected chi connectivity index (χ3v) is 7.37. The van der Waals surface area contributed by atoms with Gasteiger partial charge in [0.05, 0.1) is 5.69 Å². The third kappa shape index (κ3) is 4.71. The molecule has 0 aliphatic carbocycles. The number of aliphatic hydroxyl groups excluding tert-OH is 2. The first kappa shape index (κ1) is 26.6. The lowest BCUT2D eigenvalue weighted by molar-refractivity contribution is -0.176. The second-order valence-corrected chi connectivity index (χ2v) is 9.73. The van der Waals surface area contributed by atoms with Gasteiger partial charge >= 0.3 is 17.8 Å². The smallest absolute Gasteiger partial charge is 0.364 e. The van der Waals surface area contributed by atoms with E-state index in [1.165, 1.54) is 48.5 Å². The van der Waals surface area contributed by atoms with Crippen LogP contribution in [0.5, 0.6) is 0 Å². The van der Waals surface area contributed by atoms with Crippen LogP contribution in [-0.2, 0) is 24.0 Å². The van der Waals surface area contributed by atoms with Crippen molar-refractivity contribution >= 4 is 35.1 Å². The number of Topliss-reactive ketones (excluding diaryl/α,β-unsaturated/α-hetero) is 2. The molecule has 11 nitrogen and oxygen atoms in total. The predicted molar refractivity (Wildman–Crippen MR) is 130 cm³/mol. The first-order valence-corrected chi connectivity index (χ1v) is 12.4. The maximum atomic E-state index is 13.6. The zero-order valence-corrected chi connectivity index (χ0v) is 20.6. The van der Waals surface area contributed by atoms with Crippen molar-refractivity contribution in [2.24, 2.45) is 5.92 Å². The molecule has 2 aromatic carbocycles. The van der Waals surface area contributed by atoms with E-state index >= 15 is 0 Å². The molecule has 0 spiro atoms. The van der Waals surface area contributed by atoms with Crippen molar-refractivity contribution in [3.63, 3.8) is 0 Å². The number of likely N-dealkylation sites (tertiary alicyclic amines) is 1. The second kappa shape index (κ2) is 10.3. The van der Waals surface area contributed by atoms with Gasteiger partial charge in [-0.25, -0.2) is 14.0 Å². The van der Waals surface area contributed by atoms with Gasteiger partial charge in [0, 0.05) is 30.0 Å². The maximum absolute atomic E-state index is 13.6. The average Bonchev–Trinajstić information content (AvgIpc) is 2.97. The summed E-state index contributed by atoms with van der Waals surface area (Å²) in [4.78, 5) is 72.0. The molecule has 3 unspecified atom stereocenters. The second-order valence-electron chi connectivity index (χ2n) is 9.73. The minimum Gasteiger partial charge on any atom is -0.438 e. The van der Waals surface area contributed by atoms with Crippen LogP contribution >= 0.6 is 0 Å². The van der Waals surface area contributed by atoms with Crippen LogP contribution in [-0.4, -0.2) is 82.0 Å². The Balaban J connectivity index is 1.36. The molecule has 2 aromatic rings. The van der Waals surface area contributed by atoms with Crippen molar-refractivity contribution in [2.45, 2.75) is 37.1 Å². The number of amides is 1. The van der Waals surface area contributed by atoms with Crippen molar-refractivity contribution < 1.29 is 48.2 Å². The fourth-order valence-corrected chi connectivity index (χ4v) is 5.10. The van der Waals surface area contributed by atoms with Crippen LogP contribution in [0.4, 0.5) is 10.1 Å². The summed E-state index contributed by atoms with van der Waals surface area (Å²) in [5, 5.41) is 20.7. The molecule has 0 aromatic heterocycles. The van der Waals surface area contributed by atoms with Crippen LogP contribution in [0, 0.1) is 11.7 Å². The molecule has 39 heavy (non-hydrogen) atoms. The predicted octanol–water partition coefficient (Wildman–Crippen LogP) is 0.816. The molecule has 3 heterocycles. The normalized spacial score (nSPS) is 26.2. The molecule has 2 N–H and O–H groups in total. The third-order valence-electron chi connectivity index (χ3n) is 7.37. The molecular formula is C27H25FN2O9. The number of hydroxylamine groups is 1. The molecule has 2 bridgehead atoms. The van der Waals surface area contributed by atoms with Crippen LogP contribution < -0.4 is 5.06 Å². The average molecular weight is 540 g/mol. The number of fused-ring (bicyclic) bond motifs is 4. The number of aliphatic hydroxyl groups is 2. The Hall–Kier alpha value is -4.00. The zero-order chi connectivity index (χ0) is 27.9. The van der Waals surface area contributed by atoms with Crippen LogP contribution in [0.2, 0.25) is 0 Å². The lowest BCUT2D eigenvalue weighted by Crippen LogP contribution is -2.61. The largest absolute Gasteiger partial charge is 0.438 e. The van der Waals surface area contributed by atoms with Crippen LogP contribution in [0.1, 0.15) is 40.0 Å². The van der Waals surface area contributed by atoms with E-state index < -0.39 is 47.3 Å². The number of carbonyl (C=O) groups excluding carboxylic acids is 5. The molecule has 5 rings (SSSR count). The SMILES string of the molecule is O=C(c1ccc(F)cc1)C1CCN(CCC23OC(=O)C(O)C(O)C(=O)ON(C2=O)c2ccccc2C3=O)CC1. The number of anilines is 1. The van der Waals surface area contributed by atoms with Gasteiger partial charge in [-0.15, -0.1) is 5.06 Å². The highest BCUT2D eigenvalue weighted by Crippen LogP contribution is 2.38. The Morgan fingerprint density at radius 1 is 0.949 bits per heavy atom. The molecular weight excluding hydrogens is 515 g/mol. The quantitative estimate of drug-likeness (QED) is 0.317. The van der Waals surface area contributed by atoms with Gasteiger partial charge in [-0.3, -0.25) is 14.4 Å². The lowest BCUT2D eigenvalue weighted by Gasteiger charge is -2.40. The number of carbonyl (C=O) groups is 5. The van der Waals surface area contributed by atoms with Gasteiger partial charge in [0.1, 0.15) is 5.82 Å². The van der Waals surface area contributed by atoms with Crippen molar-refractivity contribution in [1.29, 1.82) is 0 Å². The van der Waals surface area contributed by atoms with Crippen LogP contribution in [0.15, 0.2) is 48.5 Å². The Kier molecular flexibility index (Phi) is 7.02. The Morgan fingerprint density at radius 2 is 1.59 bits per heavy atom. The number of ketones is 2. The zero-order valence-electron chi connectivity index (χ0n) is 20.6. The minimum atomic E-state index is -2.46. The van der Waals surface area contributed by atoms with E-state index in [2.05, 4.69) is 0 Å². The van der Waals surface area contributed by atoms with Crippen molar-refractivity contribution in [1.82, 2.24) is 4.90 Å². The Bertz CT molecular complexity index is 1340. The molecule has 0 saturated carbocycles. The molecule has 3 atom stereocenters. The number of hydrogen-bond donors (Lipinski definition) is 2. The fourth-order valence-electron chi connectivity index (χ4n) is 5.10. The van der Waals surface area contributed by atoms with Crippen molar-refractivity contribution in [3.05, 3.63) is 65.5 Å².